The van der Waals surface area contributed by atoms with E-state index in [1.165, 1.54) is 11.3 Å². The van der Waals surface area contributed by atoms with E-state index in [2.05, 4.69) is 10.1 Å². The molecule has 0 saturated carbocycles. The first-order valence-corrected chi connectivity index (χ1v) is 7.48. The van der Waals surface area contributed by atoms with Gasteiger partial charge in [-0.05, 0) is 31.0 Å². The second-order valence-electron chi connectivity index (χ2n) is 4.86. The molecule has 1 aliphatic rings. The highest BCUT2D eigenvalue weighted by molar-refractivity contribution is 7.19. The van der Waals surface area contributed by atoms with Crippen LogP contribution in [-0.4, -0.2) is 34.9 Å². The third-order valence-electron chi connectivity index (χ3n) is 3.46. The molecule has 1 N–H and O–H groups in total. The first-order valence-electron chi connectivity index (χ1n) is 6.28. The van der Waals surface area contributed by atoms with E-state index in [1.807, 2.05) is 12.1 Å². The van der Waals surface area contributed by atoms with Crippen LogP contribution in [-0.2, 0) is 6.54 Å². The fourth-order valence-electron chi connectivity index (χ4n) is 2.46. The summed E-state index contributed by atoms with van der Waals surface area (Å²) in [7, 11) is 0. The number of hydrogen-bond donors (Lipinski definition) is 1. The van der Waals surface area contributed by atoms with Crippen molar-refractivity contribution in [1.82, 2.24) is 10.1 Å². The Hall–Kier alpha value is -0.880. The third-order valence-corrected chi connectivity index (χ3v) is 4.69. The lowest BCUT2D eigenvalue weighted by Crippen LogP contribution is -2.20. The molecule has 3 heterocycles. The van der Waals surface area contributed by atoms with E-state index in [0.717, 1.165) is 46.6 Å². The average Bonchev–Trinajstić information content (AvgIpc) is 3.10. The number of aliphatic hydroxyl groups is 1. The summed E-state index contributed by atoms with van der Waals surface area (Å²) in [6, 6.07) is 3.82. The fourth-order valence-corrected chi connectivity index (χ4v) is 3.51. The van der Waals surface area contributed by atoms with Gasteiger partial charge in [0.1, 0.15) is 0 Å². The SMILES string of the molecule is OCC1CCN(Cc2cnoc2-c2ccc(Cl)s2)C1. The molecule has 0 aliphatic carbocycles. The number of thiophene rings is 1. The Labute approximate surface area is 120 Å². The maximum absolute atomic E-state index is 9.17. The first-order chi connectivity index (χ1) is 9.26. The zero-order valence-corrected chi connectivity index (χ0v) is 12.0. The molecule has 1 atom stereocenters. The Kier molecular flexibility index (Phi) is 3.88. The Morgan fingerprint density at radius 1 is 1.53 bits per heavy atom. The number of likely N-dealkylation sites (tertiary alicyclic amines) is 1. The molecule has 1 fully saturated rings. The van der Waals surface area contributed by atoms with Crippen molar-refractivity contribution in [1.29, 1.82) is 0 Å². The maximum atomic E-state index is 9.17. The largest absolute Gasteiger partial charge is 0.396 e. The molecular formula is C13H15ClN2O2S. The van der Waals surface area contributed by atoms with E-state index < -0.39 is 0 Å². The minimum absolute atomic E-state index is 0.271. The molecule has 0 radical (unpaired) electrons. The van der Waals surface area contributed by atoms with Gasteiger partial charge in [-0.1, -0.05) is 16.8 Å². The van der Waals surface area contributed by atoms with E-state index in [1.54, 1.807) is 6.20 Å². The van der Waals surface area contributed by atoms with Crippen molar-refractivity contribution in [3.8, 4) is 10.6 Å². The van der Waals surface area contributed by atoms with Crippen LogP contribution in [0.25, 0.3) is 10.6 Å². The number of rotatable bonds is 4. The summed E-state index contributed by atoms with van der Waals surface area (Å²) in [6.45, 7) is 3.03. The summed E-state index contributed by atoms with van der Waals surface area (Å²) in [6.07, 6.45) is 2.83. The molecule has 0 aromatic carbocycles. The summed E-state index contributed by atoms with van der Waals surface area (Å²) in [4.78, 5) is 3.34. The topological polar surface area (TPSA) is 49.5 Å². The molecule has 0 amide bonds. The van der Waals surface area contributed by atoms with E-state index in [9.17, 15) is 5.11 Å². The molecule has 6 heteroatoms. The number of aliphatic hydroxyl groups excluding tert-OH is 1. The van der Waals surface area contributed by atoms with E-state index in [0.29, 0.717) is 5.92 Å². The molecular weight excluding hydrogens is 284 g/mol. The highest BCUT2D eigenvalue weighted by Crippen LogP contribution is 2.34. The third kappa shape index (κ3) is 2.84. The lowest BCUT2D eigenvalue weighted by molar-refractivity contribution is 0.220. The Morgan fingerprint density at radius 3 is 3.11 bits per heavy atom. The van der Waals surface area contributed by atoms with Crippen molar-refractivity contribution in [2.45, 2.75) is 13.0 Å². The van der Waals surface area contributed by atoms with Crippen molar-refractivity contribution in [3.05, 3.63) is 28.2 Å². The van der Waals surface area contributed by atoms with E-state index in [4.69, 9.17) is 16.1 Å². The van der Waals surface area contributed by atoms with Crippen LogP contribution in [0.4, 0.5) is 0 Å². The highest BCUT2D eigenvalue weighted by Gasteiger charge is 2.23. The summed E-state index contributed by atoms with van der Waals surface area (Å²) in [5.41, 5.74) is 1.08. The van der Waals surface area contributed by atoms with Crippen molar-refractivity contribution < 1.29 is 9.63 Å². The van der Waals surface area contributed by atoms with Gasteiger partial charge < -0.3 is 9.63 Å². The van der Waals surface area contributed by atoms with Crippen LogP contribution in [0.3, 0.4) is 0 Å². The number of nitrogens with zero attached hydrogens (tertiary/aromatic N) is 2. The molecule has 2 aromatic rings. The number of halogens is 1. The van der Waals surface area contributed by atoms with E-state index >= 15 is 0 Å². The Balaban J connectivity index is 1.74. The molecule has 1 unspecified atom stereocenters. The fraction of sp³-hybridized carbons (Fsp3) is 0.462. The van der Waals surface area contributed by atoms with Crippen LogP contribution in [0.2, 0.25) is 4.34 Å². The van der Waals surface area contributed by atoms with Crippen LogP contribution in [0.15, 0.2) is 22.9 Å². The molecule has 1 saturated heterocycles. The minimum atomic E-state index is 0.271. The van der Waals surface area contributed by atoms with Crippen LogP contribution in [0, 0.1) is 5.92 Å². The van der Waals surface area contributed by atoms with Gasteiger partial charge in [0.25, 0.3) is 0 Å². The molecule has 0 bridgehead atoms. The Morgan fingerprint density at radius 2 is 2.42 bits per heavy atom. The first kappa shape index (κ1) is 13.1. The van der Waals surface area contributed by atoms with Gasteiger partial charge in [-0.15, -0.1) is 11.3 Å². The number of aromatic nitrogens is 1. The standard InChI is InChI=1S/C13H15ClN2O2S/c14-12-2-1-11(19-12)13-10(5-15-18-13)7-16-4-3-9(6-16)8-17/h1-2,5,9,17H,3-4,6-8H2. The molecule has 3 rings (SSSR count). The van der Waals surface area contributed by atoms with Crippen molar-refractivity contribution in [2.24, 2.45) is 5.92 Å². The quantitative estimate of drug-likeness (QED) is 0.943. The summed E-state index contributed by atoms with van der Waals surface area (Å²) >= 11 is 7.45. The predicted molar refractivity (Wildman–Crippen MR) is 75.3 cm³/mol. The summed E-state index contributed by atoms with van der Waals surface area (Å²) in [5, 5.41) is 13.1. The smallest absolute Gasteiger partial charge is 0.181 e. The second kappa shape index (κ2) is 5.63. The monoisotopic (exact) mass is 298 g/mol. The zero-order valence-electron chi connectivity index (χ0n) is 10.4. The van der Waals surface area contributed by atoms with Crippen LogP contribution < -0.4 is 0 Å². The van der Waals surface area contributed by atoms with Gasteiger partial charge in [0, 0.05) is 25.3 Å². The highest BCUT2D eigenvalue weighted by atomic mass is 35.5. The van der Waals surface area contributed by atoms with Gasteiger partial charge in [-0.2, -0.15) is 0 Å². The van der Waals surface area contributed by atoms with Gasteiger partial charge in [-0.3, -0.25) is 4.90 Å². The van der Waals surface area contributed by atoms with Gasteiger partial charge in [-0.25, -0.2) is 0 Å². The summed E-state index contributed by atoms with van der Waals surface area (Å²) < 4.78 is 6.10. The maximum Gasteiger partial charge on any atom is 0.181 e. The normalized spacial score (nSPS) is 20.2. The second-order valence-corrected chi connectivity index (χ2v) is 6.57. The van der Waals surface area contributed by atoms with Crippen molar-refractivity contribution in [2.75, 3.05) is 19.7 Å². The summed E-state index contributed by atoms with van der Waals surface area (Å²) in [5.74, 6) is 1.21. The lowest BCUT2D eigenvalue weighted by Gasteiger charge is -2.14. The average molecular weight is 299 g/mol. The molecule has 1 aliphatic heterocycles. The van der Waals surface area contributed by atoms with Crippen molar-refractivity contribution >= 4 is 22.9 Å². The van der Waals surface area contributed by atoms with Crippen LogP contribution in [0.1, 0.15) is 12.0 Å². The molecule has 2 aromatic heterocycles. The zero-order chi connectivity index (χ0) is 13.2. The van der Waals surface area contributed by atoms with Gasteiger partial charge in [0.2, 0.25) is 0 Å². The van der Waals surface area contributed by atoms with Gasteiger partial charge in [0.05, 0.1) is 15.4 Å². The lowest BCUT2D eigenvalue weighted by atomic mass is 10.1. The van der Waals surface area contributed by atoms with Gasteiger partial charge in [0.15, 0.2) is 5.76 Å². The molecule has 19 heavy (non-hydrogen) atoms. The van der Waals surface area contributed by atoms with Gasteiger partial charge >= 0.3 is 0 Å². The molecule has 0 spiro atoms. The minimum Gasteiger partial charge on any atom is -0.396 e. The molecule has 4 nitrogen and oxygen atoms in total. The van der Waals surface area contributed by atoms with E-state index in [-0.39, 0.29) is 6.61 Å². The van der Waals surface area contributed by atoms with Crippen LogP contribution >= 0.6 is 22.9 Å². The Bertz CT molecular complexity index is 554. The van der Waals surface area contributed by atoms with Crippen LogP contribution in [0.5, 0.6) is 0 Å². The molecule has 102 valence electrons. The number of hydrogen-bond acceptors (Lipinski definition) is 5. The van der Waals surface area contributed by atoms with Crippen molar-refractivity contribution in [3.63, 3.8) is 0 Å². The predicted octanol–water partition coefficient (Wildman–Crippen LogP) is 2.87.